The van der Waals surface area contributed by atoms with E-state index < -0.39 is 10.0 Å². The van der Waals surface area contributed by atoms with E-state index in [1.807, 2.05) is 19.1 Å². The third kappa shape index (κ3) is 2.23. The van der Waals surface area contributed by atoms with Crippen LogP contribution in [-0.2, 0) is 10.0 Å². The van der Waals surface area contributed by atoms with Gasteiger partial charge in [0, 0.05) is 12.3 Å². The molecule has 0 saturated carbocycles. The van der Waals surface area contributed by atoms with Gasteiger partial charge in [0.15, 0.2) is 5.78 Å². The van der Waals surface area contributed by atoms with Crippen LogP contribution in [0.5, 0.6) is 0 Å². The minimum Gasteiger partial charge on any atom is -0.293 e. The normalized spacial score (nSPS) is 11.7. The molecule has 0 unspecified atom stereocenters. The Morgan fingerprint density at radius 1 is 1.00 bits per heavy atom. The molecule has 1 aromatic heterocycles. The Balaban J connectivity index is 2.39. The number of aryl methyl sites for hydroxylation is 1. The van der Waals surface area contributed by atoms with Crippen LogP contribution in [-0.4, -0.2) is 18.2 Å². The highest BCUT2D eigenvalue weighted by atomic mass is 32.2. The maximum absolute atomic E-state index is 12.9. The molecule has 22 heavy (non-hydrogen) atoms. The van der Waals surface area contributed by atoms with Crippen molar-refractivity contribution in [3.05, 3.63) is 65.9 Å². The predicted octanol–water partition coefficient (Wildman–Crippen LogP) is 3.39. The van der Waals surface area contributed by atoms with E-state index >= 15 is 0 Å². The van der Waals surface area contributed by atoms with Crippen LogP contribution < -0.4 is 0 Å². The Kier molecular flexibility index (Phi) is 3.37. The first-order chi connectivity index (χ1) is 10.4. The Morgan fingerprint density at radius 2 is 1.68 bits per heavy atom. The molecular formula is C17H15NO3S. The maximum Gasteiger partial charge on any atom is 0.268 e. The number of carbonyl (C=O) groups is 1. The van der Waals surface area contributed by atoms with Crippen LogP contribution in [0.25, 0.3) is 10.9 Å². The average Bonchev–Trinajstić information content (AvgIpc) is 2.87. The van der Waals surface area contributed by atoms with Gasteiger partial charge in [0.2, 0.25) is 0 Å². The fourth-order valence-corrected chi connectivity index (χ4v) is 4.09. The van der Waals surface area contributed by atoms with Gasteiger partial charge in [0.1, 0.15) is 5.69 Å². The quantitative estimate of drug-likeness (QED) is 0.696. The van der Waals surface area contributed by atoms with Gasteiger partial charge in [-0.15, -0.1) is 0 Å². The molecule has 2 aromatic carbocycles. The third-order valence-corrected chi connectivity index (χ3v) is 5.30. The van der Waals surface area contributed by atoms with E-state index in [2.05, 4.69) is 0 Å². The molecule has 0 aliphatic heterocycles. The van der Waals surface area contributed by atoms with Gasteiger partial charge in [-0.2, -0.15) is 0 Å². The van der Waals surface area contributed by atoms with E-state index in [9.17, 15) is 13.2 Å². The molecule has 1 heterocycles. The van der Waals surface area contributed by atoms with Crippen LogP contribution in [0.2, 0.25) is 0 Å². The van der Waals surface area contributed by atoms with Gasteiger partial charge >= 0.3 is 0 Å². The SMILES string of the molecule is CC(=O)c1cc2cc(C)ccc2n1S(=O)(=O)c1ccccc1. The van der Waals surface area contributed by atoms with Crippen molar-refractivity contribution in [1.29, 1.82) is 0 Å². The monoisotopic (exact) mass is 313 g/mol. The van der Waals surface area contributed by atoms with Crippen molar-refractivity contribution in [2.24, 2.45) is 0 Å². The van der Waals surface area contributed by atoms with Crippen molar-refractivity contribution >= 4 is 26.7 Å². The van der Waals surface area contributed by atoms with Crippen molar-refractivity contribution in [2.75, 3.05) is 0 Å². The number of ketones is 1. The fraction of sp³-hybridized carbons (Fsp3) is 0.118. The number of Topliss-reactive ketones (excluding diaryl/α,β-unsaturated/α-hetero) is 1. The van der Waals surface area contributed by atoms with Crippen molar-refractivity contribution in [3.8, 4) is 0 Å². The summed E-state index contributed by atoms with van der Waals surface area (Å²) in [4.78, 5) is 12.1. The van der Waals surface area contributed by atoms with Crippen LogP contribution in [0.4, 0.5) is 0 Å². The molecule has 0 aliphatic rings. The molecule has 0 saturated heterocycles. The first kappa shape index (κ1) is 14.5. The topological polar surface area (TPSA) is 56.1 Å². The van der Waals surface area contributed by atoms with Gasteiger partial charge in [-0.25, -0.2) is 12.4 Å². The lowest BCUT2D eigenvalue weighted by Crippen LogP contribution is -2.17. The summed E-state index contributed by atoms with van der Waals surface area (Å²) in [6.45, 7) is 3.30. The number of nitrogens with zero attached hydrogens (tertiary/aromatic N) is 1. The smallest absolute Gasteiger partial charge is 0.268 e. The number of fused-ring (bicyclic) bond motifs is 1. The lowest BCUT2D eigenvalue weighted by molar-refractivity contribution is 0.101. The van der Waals surface area contributed by atoms with Crippen LogP contribution in [0.1, 0.15) is 23.0 Å². The summed E-state index contributed by atoms with van der Waals surface area (Å²) in [6.07, 6.45) is 0. The van der Waals surface area contributed by atoms with Gasteiger partial charge in [-0.1, -0.05) is 29.8 Å². The van der Waals surface area contributed by atoms with Crippen LogP contribution >= 0.6 is 0 Å². The summed E-state index contributed by atoms with van der Waals surface area (Å²) in [6, 6.07) is 15.2. The summed E-state index contributed by atoms with van der Waals surface area (Å²) < 4.78 is 27.0. The van der Waals surface area contributed by atoms with Gasteiger partial charge in [0.05, 0.1) is 10.4 Å². The van der Waals surface area contributed by atoms with Crippen molar-refractivity contribution in [3.63, 3.8) is 0 Å². The van der Waals surface area contributed by atoms with Gasteiger partial charge < -0.3 is 0 Å². The third-order valence-electron chi connectivity index (χ3n) is 3.55. The van der Waals surface area contributed by atoms with E-state index in [1.54, 1.807) is 30.3 Å². The van der Waals surface area contributed by atoms with Gasteiger partial charge in [0.25, 0.3) is 10.0 Å². The van der Waals surface area contributed by atoms with Gasteiger partial charge in [-0.05, 0) is 37.3 Å². The second kappa shape index (κ2) is 5.10. The summed E-state index contributed by atoms with van der Waals surface area (Å²) in [5.41, 5.74) is 1.70. The summed E-state index contributed by atoms with van der Waals surface area (Å²) in [5, 5.41) is 0.740. The predicted molar refractivity (Wildman–Crippen MR) is 85.7 cm³/mol. The highest BCUT2D eigenvalue weighted by molar-refractivity contribution is 7.90. The molecular weight excluding hydrogens is 298 g/mol. The molecule has 4 nitrogen and oxygen atoms in total. The Labute approximate surface area is 129 Å². The minimum absolute atomic E-state index is 0.163. The first-order valence-electron chi connectivity index (χ1n) is 6.85. The highest BCUT2D eigenvalue weighted by Crippen LogP contribution is 2.26. The zero-order chi connectivity index (χ0) is 15.9. The minimum atomic E-state index is -3.81. The van der Waals surface area contributed by atoms with E-state index in [-0.39, 0.29) is 16.4 Å². The number of benzene rings is 2. The molecule has 0 N–H and O–H groups in total. The van der Waals surface area contributed by atoms with Crippen molar-refractivity contribution in [1.82, 2.24) is 3.97 Å². The Morgan fingerprint density at radius 3 is 2.32 bits per heavy atom. The average molecular weight is 313 g/mol. The van der Waals surface area contributed by atoms with Crippen LogP contribution in [0, 0.1) is 6.92 Å². The zero-order valence-electron chi connectivity index (χ0n) is 12.3. The number of hydrogen-bond donors (Lipinski definition) is 0. The largest absolute Gasteiger partial charge is 0.293 e. The second-order valence-corrected chi connectivity index (χ2v) is 7.02. The Bertz CT molecular complexity index is 970. The summed E-state index contributed by atoms with van der Waals surface area (Å²) >= 11 is 0. The molecule has 112 valence electrons. The van der Waals surface area contributed by atoms with Crippen LogP contribution in [0.3, 0.4) is 0 Å². The Hall–Kier alpha value is -2.40. The van der Waals surface area contributed by atoms with E-state index in [4.69, 9.17) is 0 Å². The molecule has 3 aromatic rings. The molecule has 3 rings (SSSR count). The lowest BCUT2D eigenvalue weighted by Gasteiger charge is -2.10. The standard InChI is InChI=1S/C17H15NO3S/c1-12-8-9-16-14(10-12)11-17(13(2)19)18(16)22(20,21)15-6-4-3-5-7-15/h3-11H,1-2H3. The molecule has 0 radical (unpaired) electrons. The van der Waals surface area contributed by atoms with Crippen LogP contribution in [0.15, 0.2) is 59.5 Å². The molecule has 0 fully saturated rings. The molecule has 0 aliphatic carbocycles. The van der Waals surface area contributed by atoms with E-state index in [0.717, 1.165) is 14.9 Å². The molecule has 5 heteroatoms. The van der Waals surface area contributed by atoms with Gasteiger partial charge in [-0.3, -0.25) is 4.79 Å². The van der Waals surface area contributed by atoms with Crippen molar-refractivity contribution in [2.45, 2.75) is 18.7 Å². The fourth-order valence-electron chi connectivity index (χ4n) is 2.51. The zero-order valence-corrected chi connectivity index (χ0v) is 13.1. The number of aromatic nitrogens is 1. The lowest BCUT2D eigenvalue weighted by atomic mass is 10.2. The maximum atomic E-state index is 12.9. The van der Waals surface area contributed by atoms with Crippen molar-refractivity contribution < 1.29 is 13.2 Å². The first-order valence-corrected chi connectivity index (χ1v) is 8.29. The second-order valence-electron chi connectivity index (χ2n) is 5.23. The summed E-state index contributed by atoms with van der Waals surface area (Å²) in [7, 11) is -3.81. The number of hydrogen-bond acceptors (Lipinski definition) is 3. The van der Waals surface area contributed by atoms with E-state index in [0.29, 0.717) is 5.52 Å². The van der Waals surface area contributed by atoms with E-state index in [1.165, 1.54) is 19.1 Å². The molecule has 0 atom stereocenters. The highest BCUT2D eigenvalue weighted by Gasteiger charge is 2.24. The number of carbonyl (C=O) groups excluding carboxylic acids is 1. The molecule has 0 amide bonds. The summed E-state index contributed by atoms with van der Waals surface area (Å²) in [5.74, 6) is -0.284. The number of rotatable bonds is 3. The molecule has 0 spiro atoms. The molecule has 0 bridgehead atoms.